The molecule has 2 aromatic rings. The van der Waals surface area contributed by atoms with Gasteiger partial charge in [-0.3, -0.25) is 14.9 Å². The van der Waals surface area contributed by atoms with Crippen molar-refractivity contribution in [2.24, 2.45) is 5.92 Å². The molecule has 1 N–H and O–H groups in total. The van der Waals surface area contributed by atoms with Gasteiger partial charge in [-0.2, -0.15) is 0 Å². The summed E-state index contributed by atoms with van der Waals surface area (Å²) in [5.41, 5.74) is 2.94. The number of rotatable bonds is 7. The van der Waals surface area contributed by atoms with Crippen LogP contribution in [-0.4, -0.2) is 10.8 Å². The first kappa shape index (κ1) is 19.4. The van der Waals surface area contributed by atoms with E-state index in [-0.39, 0.29) is 23.6 Å². The number of amides is 1. The largest absolute Gasteiger partial charge is 0.345 e. The SMILES string of the molecule is CCc1ccc(C(NC(=O)/C=C/c2cccc([N+](=O)[O-])c2)C(C)C)cc1. The van der Waals surface area contributed by atoms with Gasteiger partial charge in [-0.05, 0) is 35.1 Å². The van der Waals surface area contributed by atoms with Crippen LogP contribution in [0.1, 0.15) is 43.5 Å². The molecule has 0 spiro atoms. The highest BCUT2D eigenvalue weighted by atomic mass is 16.6. The van der Waals surface area contributed by atoms with Crippen LogP contribution in [0.25, 0.3) is 6.08 Å². The van der Waals surface area contributed by atoms with E-state index in [9.17, 15) is 14.9 Å². The second kappa shape index (κ2) is 8.94. The molecule has 0 heterocycles. The smallest absolute Gasteiger partial charge is 0.270 e. The fourth-order valence-electron chi connectivity index (χ4n) is 2.71. The molecule has 5 heteroatoms. The van der Waals surface area contributed by atoms with Crippen LogP contribution in [0.3, 0.4) is 0 Å². The Morgan fingerprint density at radius 2 is 1.88 bits per heavy atom. The van der Waals surface area contributed by atoms with Crippen LogP contribution in [0, 0.1) is 16.0 Å². The van der Waals surface area contributed by atoms with Crippen LogP contribution < -0.4 is 5.32 Å². The van der Waals surface area contributed by atoms with E-state index in [1.807, 2.05) is 12.1 Å². The van der Waals surface area contributed by atoms with E-state index in [1.54, 1.807) is 18.2 Å². The monoisotopic (exact) mass is 352 g/mol. The van der Waals surface area contributed by atoms with E-state index in [0.717, 1.165) is 12.0 Å². The van der Waals surface area contributed by atoms with Crippen molar-refractivity contribution in [3.63, 3.8) is 0 Å². The van der Waals surface area contributed by atoms with Gasteiger partial charge in [0.05, 0.1) is 11.0 Å². The number of nitrogens with one attached hydrogen (secondary N) is 1. The Bertz CT molecular complexity index is 795. The minimum atomic E-state index is -0.452. The molecule has 0 saturated heterocycles. The highest BCUT2D eigenvalue weighted by Gasteiger charge is 2.17. The molecule has 1 unspecified atom stereocenters. The minimum Gasteiger partial charge on any atom is -0.345 e. The fourth-order valence-corrected chi connectivity index (χ4v) is 2.71. The molecule has 0 aromatic heterocycles. The number of non-ortho nitro benzene ring substituents is 1. The second-order valence-electron chi connectivity index (χ2n) is 6.51. The average molecular weight is 352 g/mol. The molecule has 0 aliphatic heterocycles. The van der Waals surface area contributed by atoms with Crippen molar-refractivity contribution in [1.29, 1.82) is 0 Å². The zero-order valence-corrected chi connectivity index (χ0v) is 15.3. The van der Waals surface area contributed by atoms with Gasteiger partial charge in [-0.1, -0.05) is 57.2 Å². The second-order valence-corrected chi connectivity index (χ2v) is 6.51. The molecule has 1 amide bonds. The number of nitro benzene ring substituents is 1. The summed E-state index contributed by atoms with van der Waals surface area (Å²) in [7, 11) is 0. The Balaban J connectivity index is 2.09. The third-order valence-electron chi connectivity index (χ3n) is 4.22. The molecule has 1 atom stereocenters. The van der Waals surface area contributed by atoms with E-state index in [1.165, 1.54) is 23.8 Å². The third kappa shape index (κ3) is 5.28. The van der Waals surface area contributed by atoms with Crippen LogP contribution >= 0.6 is 0 Å². The number of benzene rings is 2. The van der Waals surface area contributed by atoms with Crippen molar-refractivity contribution < 1.29 is 9.72 Å². The fraction of sp³-hybridized carbons (Fsp3) is 0.286. The molecular weight excluding hydrogens is 328 g/mol. The minimum absolute atomic E-state index is 0.00336. The van der Waals surface area contributed by atoms with Gasteiger partial charge in [-0.15, -0.1) is 0 Å². The third-order valence-corrected chi connectivity index (χ3v) is 4.22. The lowest BCUT2D eigenvalue weighted by Crippen LogP contribution is -2.30. The number of aryl methyl sites for hydroxylation is 1. The number of hydrogen-bond donors (Lipinski definition) is 1. The first-order valence-electron chi connectivity index (χ1n) is 8.72. The summed E-state index contributed by atoms with van der Waals surface area (Å²) in [5.74, 6) is 0.00686. The lowest BCUT2D eigenvalue weighted by molar-refractivity contribution is -0.384. The molecule has 5 nitrogen and oxygen atoms in total. The normalized spacial score (nSPS) is 12.3. The van der Waals surface area contributed by atoms with Gasteiger partial charge in [0, 0.05) is 18.2 Å². The number of nitrogens with zero attached hydrogens (tertiary/aromatic N) is 1. The van der Waals surface area contributed by atoms with Gasteiger partial charge in [0.25, 0.3) is 5.69 Å². The Morgan fingerprint density at radius 1 is 1.19 bits per heavy atom. The Hall–Kier alpha value is -2.95. The average Bonchev–Trinajstić information content (AvgIpc) is 2.64. The summed E-state index contributed by atoms with van der Waals surface area (Å²) in [6.07, 6.45) is 3.97. The molecule has 136 valence electrons. The van der Waals surface area contributed by atoms with Crippen LogP contribution in [0.15, 0.2) is 54.6 Å². The molecule has 0 radical (unpaired) electrons. The zero-order valence-electron chi connectivity index (χ0n) is 15.3. The molecule has 0 aliphatic carbocycles. The molecule has 2 rings (SSSR count). The van der Waals surface area contributed by atoms with Gasteiger partial charge in [0.2, 0.25) is 5.91 Å². The Morgan fingerprint density at radius 3 is 2.46 bits per heavy atom. The summed E-state index contributed by atoms with van der Waals surface area (Å²) in [6, 6.07) is 14.3. The van der Waals surface area contributed by atoms with Gasteiger partial charge in [0.15, 0.2) is 0 Å². The quantitative estimate of drug-likeness (QED) is 0.446. The highest BCUT2D eigenvalue weighted by molar-refractivity contribution is 5.92. The highest BCUT2D eigenvalue weighted by Crippen LogP contribution is 2.22. The molecule has 0 bridgehead atoms. The molecule has 2 aromatic carbocycles. The predicted molar refractivity (Wildman–Crippen MR) is 104 cm³/mol. The summed E-state index contributed by atoms with van der Waals surface area (Å²) in [6.45, 7) is 6.22. The van der Waals surface area contributed by atoms with Gasteiger partial charge < -0.3 is 5.32 Å². The molecule has 0 fully saturated rings. The Labute approximate surface area is 153 Å². The van der Waals surface area contributed by atoms with E-state index >= 15 is 0 Å². The summed E-state index contributed by atoms with van der Waals surface area (Å²) < 4.78 is 0. The summed E-state index contributed by atoms with van der Waals surface area (Å²) in [4.78, 5) is 22.7. The van der Waals surface area contributed by atoms with Crippen molar-refractivity contribution in [1.82, 2.24) is 5.32 Å². The van der Waals surface area contributed by atoms with E-state index in [4.69, 9.17) is 0 Å². The lowest BCUT2D eigenvalue weighted by atomic mass is 9.95. The Kier molecular flexibility index (Phi) is 6.67. The topological polar surface area (TPSA) is 72.2 Å². The molecule has 0 saturated carbocycles. The maximum Gasteiger partial charge on any atom is 0.270 e. The van der Waals surface area contributed by atoms with E-state index in [0.29, 0.717) is 5.56 Å². The molecular formula is C21H24N2O3. The van der Waals surface area contributed by atoms with Gasteiger partial charge in [0.1, 0.15) is 0 Å². The number of carbonyl (C=O) groups excluding carboxylic acids is 1. The maximum atomic E-state index is 12.3. The van der Waals surface area contributed by atoms with Gasteiger partial charge in [-0.25, -0.2) is 0 Å². The molecule has 0 aliphatic rings. The van der Waals surface area contributed by atoms with Crippen LogP contribution in [0.4, 0.5) is 5.69 Å². The maximum absolute atomic E-state index is 12.3. The van der Waals surface area contributed by atoms with Crippen molar-refractivity contribution >= 4 is 17.7 Å². The van der Waals surface area contributed by atoms with Crippen molar-refractivity contribution in [2.75, 3.05) is 0 Å². The molecule has 26 heavy (non-hydrogen) atoms. The van der Waals surface area contributed by atoms with Gasteiger partial charge >= 0.3 is 0 Å². The van der Waals surface area contributed by atoms with E-state index < -0.39 is 4.92 Å². The van der Waals surface area contributed by atoms with Crippen molar-refractivity contribution in [3.05, 3.63) is 81.4 Å². The number of nitro groups is 1. The van der Waals surface area contributed by atoms with Crippen LogP contribution in [-0.2, 0) is 11.2 Å². The predicted octanol–water partition coefficient (Wildman–Crippen LogP) is 4.68. The van der Waals surface area contributed by atoms with E-state index in [2.05, 4.69) is 38.2 Å². The van der Waals surface area contributed by atoms with Crippen LogP contribution in [0.5, 0.6) is 0 Å². The summed E-state index contributed by atoms with van der Waals surface area (Å²) in [5, 5.41) is 13.8. The first-order chi connectivity index (χ1) is 12.4. The summed E-state index contributed by atoms with van der Waals surface area (Å²) >= 11 is 0. The number of carbonyl (C=O) groups is 1. The van der Waals surface area contributed by atoms with Crippen molar-refractivity contribution in [3.8, 4) is 0 Å². The standard InChI is InChI=1S/C21H24N2O3/c1-4-16-8-11-18(12-9-16)21(15(2)3)22-20(24)13-10-17-6-5-7-19(14-17)23(25)26/h5-15,21H,4H2,1-3H3,(H,22,24)/b13-10+. The van der Waals surface area contributed by atoms with Crippen LogP contribution in [0.2, 0.25) is 0 Å². The number of hydrogen-bond acceptors (Lipinski definition) is 3. The zero-order chi connectivity index (χ0) is 19.1. The first-order valence-corrected chi connectivity index (χ1v) is 8.72. The lowest BCUT2D eigenvalue weighted by Gasteiger charge is -2.22. The van der Waals surface area contributed by atoms with Crippen molar-refractivity contribution in [2.45, 2.75) is 33.2 Å².